The van der Waals surface area contributed by atoms with Crippen molar-refractivity contribution in [1.82, 2.24) is 15.5 Å². The topological polar surface area (TPSA) is 71.2 Å². The summed E-state index contributed by atoms with van der Waals surface area (Å²) in [4.78, 5) is 4.02. The van der Waals surface area contributed by atoms with Gasteiger partial charge in [0.1, 0.15) is 0 Å². The van der Waals surface area contributed by atoms with Gasteiger partial charge in [0.05, 0.1) is 0 Å². The van der Waals surface area contributed by atoms with Crippen LogP contribution in [0.15, 0.2) is 16.7 Å². The number of phenols is 1. The molecule has 0 bridgehead atoms. The number of hydrogen-bond donors (Lipinski definition) is 2. The van der Waals surface area contributed by atoms with Gasteiger partial charge in [0.15, 0.2) is 23.2 Å². The lowest BCUT2D eigenvalue weighted by molar-refractivity contribution is 0.386. The minimum atomic E-state index is -0.967. The lowest BCUT2D eigenvalue weighted by Crippen LogP contribution is -2.17. The Morgan fingerprint density at radius 3 is 2.58 bits per heavy atom. The van der Waals surface area contributed by atoms with E-state index in [1.807, 2.05) is 0 Å². The molecule has 0 fully saturated rings. The molecule has 7 heteroatoms. The highest BCUT2D eigenvalue weighted by atomic mass is 19.1. The Bertz CT molecular complexity index is 549. The number of phenolic OH excluding ortho intramolecular Hbond substituents is 1. The van der Waals surface area contributed by atoms with Crippen LogP contribution in [0.1, 0.15) is 17.3 Å². The van der Waals surface area contributed by atoms with Crippen LogP contribution in [-0.2, 0) is 13.0 Å². The second-order valence-corrected chi connectivity index (χ2v) is 4.06. The normalized spacial score (nSPS) is 10.9. The molecule has 0 unspecified atom stereocenters. The van der Waals surface area contributed by atoms with E-state index < -0.39 is 17.4 Å². The van der Waals surface area contributed by atoms with Crippen LogP contribution in [0.5, 0.6) is 5.75 Å². The molecule has 2 N–H and O–H groups in total. The van der Waals surface area contributed by atoms with Gasteiger partial charge in [-0.25, -0.2) is 8.78 Å². The molecule has 0 aliphatic carbocycles. The Hall–Kier alpha value is -2.02. The van der Waals surface area contributed by atoms with Crippen molar-refractivity contribution in [1.29, 1.82) is 0 Å². The number of benzene rings is 1. The van der Waals surface area contributed by atoms with Crippen LogP contribution in [0.25, 0.3) is 0 Å². The van der Waals surface area contributed by atoms with E-state index in [1.54, 1.807) is 6.92 Å². The van der Waals surface area contributed by atoms with Crippen LogP contribution >= 0.6 is 0 Å². The summed E-state index contributed by atoms with van der Waals surface area (Å²) in [6.07, 6.45) is 0.556. The summed E-state index contributed by atoms with van der Waals surface area (Å²) < 4.78 is 30.9. The van der Waals surface area contributed by atoms with Crippen molar-refractivity contribution in [2.75, 3.05) is 6.54 Å². The number of aromatic nitrogens is 2. The average Bonchev–Trinajstić information content (AvgIpc) is 2.77. The molecule has 0 amide bonds. The summed E-state index contributed by atoms with van der Waals surface area (Å²) in [6.45, 7) is 2.53. The van der Waals surface area contributed by atoms with Gasteiger partial charge < -0.3 is 14.9 Å². The lowest BCUT2D eigenvalue weighted by atomic mass is 10.2. The number of nitrogens with one attached hydrogen (secondary N) is 1. The summed E-state index contributed by atoms with van der Waals surface area (Å²) in [5, 5.41) is 15.7. The van der Waals surface area contributed by atoms with Crippen molar-refractivity contribution < 1.29 is 18.4 Å². The van der Waals surface area contributed by atoms with Crippen LogP contribution in [-0.4, -0.2) is 21.8 Å². The van der Waals surface area contributed by atoms with Crippen LogP contribution in [0.3, 0.4) is 0 Å². The number of halogens is 2. The third kappa shape index (κ3) is 3.47. The molecule has 0 aliphatic heterocycles. The van der Waals surface area contributed by atoms with Crippen molar-refractivity contribution in [3.63, 3.8) is 0 Å². The molecule has 1 aromatic carbocycles. The number of rotatable bonds is 5. The van der Waals surface area contributed by atoms with Gasteiger partial charge in [-0.15, -0.1) is 0 Å². The first-order valence-corrected chi connectivity index (χ1v) is 5.73. The highest BCUT2D eigenvalue weighted by Crippen LogP contribution is 2.21. The predicted octanol–water partition coefficient (Wildman–Crippen LogP) is 1.69. The molecule has 19 heavy (non-hydrogen) atoms. The van der Waals surface area contributed by atoms with Crippen molar-refractivity contribution in [2.45, 2.75) is 19.9 Å². The Kier molecular flexibility index (Phi) is 4.06. The standard InChI is InChI=1S/C12H13F2N3O2/c1-7-16-11(17-19-7)2-3-15-6-8-4-9(13)12(18)10(14)5-8/h4-5,15,18H,2-3,6H2,1H3. The highest BCUT2D eigenvalue weighted by molar-refractivity contribution is 5.29. The smallest absolute Gasteiger partial charge is 0.223 e. The minimum Gasteiger partial charge on any atom is -0.503 e. The zero-order chi connectivity index (χ0) is 13.8. The van der Waals surface area contributed by atoms with Crippen LogP contribution in [0.2, 0.25) is 0 Å². The monoisotopic (exact) mass is 269 g/mol. The summed E-state index contributed by atoms with van der Waals surface area (Å²) >= 11 is 0. The number of aryl methyl sites for hydroxylation is 1. The van der Waals surface area contributed by atoms with E-state index >= 15 is 0 Å². The van der Waals surface area contributed by atoms with Crippen molar-refractivity contribution >= 4 is 0 Å². The Morgan fingerprint density at radius 1 is 1.32 bits per heavy atom. The molecular weight excluding hydrogens is 256 g/mol. The van der Waals surface area contributed by atoms with E-state index in [1.165, 1.54) is 0 Å². The van der Waals surface area contributed by atoms with Crippen LogP contribution < -0.4 is 5.32 Å². The fraction of sp³-hybridized carbons (Fsp3) is 0.333. The average molecular weight is 269 g/mol. The van der Waals surface area contributed by atoms with E-state index in [0.717, 1.165) is 12.1 Å². The van der Waals surface area contributed by atoms with Crippen LogP contribution in [0, 0.1) is 18.6 Å². The molecule has 2 aromatic rings. The van der Waals surface area contributed by atoms with E-state index in [4.69, 9.17) is 9.63 Å². The fourth-order valence-electron chi connectivity index (χ4n) is 1.60. The summed E-state index contributed by atoms with van der Waals surface area (Å²) in [5.41, 5.74) is 0.414. The van der Waals surface area contributed by atoms with E-state index in [9.17, 15) is 8.78 Å². The largest absolute Gasteiger partial charge is 0.503 e. The second-order valence-electron chi connectivity index (χ2n) is 4.06. The molecule has 0 spiro atoms. The number of hydrogen-bond acceptors (Lipinski definition) is 5. The zero-order valence-corrected chi connectivity index (χ0v) is 10.3. The first-order chi connectivity index (χ1) is 9.06. The van der Waals surface area contributed by atoms with Gasteiger partial charge in [0.25, 0.3) is 0 Å². The van der Waals surface area contributed by atoms with Gasteiger partial charge in [-0.05, 0) is 17.7 Å². The summed E-state index contributed by atoms with van der Waals surface area (Å²) in [6, 6.07) is 2.17. The van der Waals surface area contributed by atoms with Crippen molar-refractivity contribution in [3.8, 4) is 5.75 Å². The second kappa shape index (κ2) is 5.75. The third-order valence-corrected chi connectivity index (χ3v) is 2.50. The fourth-order valence-corrected chi connectivity index (χ4v) is 1.60. The van der Waals surface area contributed by atoms with Gasteiger partial charge in [-0.1, -0.05) is 5.16 Å². The predicted molar refractivity (Wildman–Crippen MR) is 62.5 cm³/mol. The van der Waals surface area contributed by atoms with Gasteiger partial charge in [0, 0.05) is 26.4 Å². The summed E-state index contributed by atoms with van der Waals surface area (Å²) in [7, 11) is 0. The maximum Gasteiger partial charge on any atom is 0.223 e. The molecule has 0 atom stereocenters. The maximum absolute atomic E-state index is 13.1. The van der Waals surface area contributed by atoms with Gasteiger partial charge >= 0.3 is 0 Å². The quantitative estimate of drug-likeness (QED) is 0.808. The van der Waals surface area contributed by atoms with Gasteiger partial charge in [-0.2, -0.15) is 4.98 Å². The van der Waals surface area contributed by atoms with E-state index in [2.05, 4.69) is 15.5 Å². The van der Waals surface area contributed by atoms with Gasteiger partial charge in [0.2, 0.25) is 5.89 Å². The third-order valence-electron chi connectivity index (χ3n) is 2.50. The number of nitrogens with zero attached hydrogens (tertiary/aromatic N) is 2. The van der Waals surface area contributed by atoms with Gasteiger partial charge in [-0.3, -0.25) is 0 Å². The SMILES string of the molecule is Cc1nc(CCNCc2cc(F)c(O)c(F)c2)no1. The van der Waals surface area contributed by atoms with Crippen molar-refractivity contribution in [3.05, 3.63) is 41.0 Å². The molecule has 5 nitrogen and oxygen atoms in total. The molecule has 0 aliphatic rings. The molecule has 102 valence electrons. The molecule has 0 saturated carbocycles. The molecule has 2 rings (SSSR count). The van der Waals surface area contributed by atoms with Crippen molar-refractivity contribution in [2.24, 2.45) is 0 Å². The zero-order valence-electron chi connectivity index (χ0n) is 10.3. The Balaban J connectivity index is 1.83. The first kappa shape index (κ1) is 13.4. The highest BCUT2D eigenvalue weighted by Gasteiger charge is 2.09. The number of aromatic hydroxyl groups is 1. The minimum absolute atomic E-state index is 0.283. The molecule has 1 aromatic heterocycles. The maximum atomic E-state index is 13.1. The first-order valence-electron chi connectivity index (χ1n) is 5.73. The Labute approximate surface area is 108 Å². The summed E-state index contributed by atoms with van der Waals surface area (Å²) in [5.74, 6) is -1.81. The molecular formula is C12H13F2N3O2. The molecule has 0 radical (unpaired) electrons. The van der Waals surface area contributed by atoms with E-state index in [-0.39, 0.29) is 6.54 Å². The molecule has 1 heterocycles. The van der Waals surface area contributed by atoms with Crippen LogP contribution in [0.4, 0.5) is 8.78 Å². The lowest BCUT2D eigenvalue weighted by Gasteiger charge is -2.05. The Morgan fingerprint density at radius 2 is 2.00 bits per heavy atom. The molecule has 0 saturated heterocycles. The van der Waals surface area contributed by atoms with E-state index in [0.29, 0.717) is 30.2 Å².